The Labute approximate surface area is 75.6 Å². The minimum absolute atomic E-state index is 0.233. The zero-order chi connectivity index (χ0) is 9.26. The summed E-state index contributed by atoms with van der Waals surface area (Å²) in [4.78, 5) is 0. The van der Waals surface area contributed by atoms with E-state index in [1.54, 1.807) is 12.1 Å². The minimum atomic E-state index is -0.233. The standard InChI is InChI=1S/C9H10FN3/c10-7-1-3-8(4-2-7)13-6-5-9(11)12-13/h1-5,12H,6,11H2. The molecule has 1 aliphatic heterocycles. The maximum absolute atomic E-state index is 12.6. The lowest BCUT2D eigenvalue weighted by molar-refractivity contribution is 0.627. The number of hydrazine groups is 1. The summed E-state index contributed by atoms with van der Waals surface area (Å²) in [6, 6.07) is 6.25. The fourth-order valence-electron chi connectivity index (χ4n) is 1.23. The van der Waals surface area contributed by atoms with Gasteiger partial charge >= 0.3 is 0 Å². The van der Waals surface area contributed by atoms with Crippen molar-refractivity contribution in [2.75, 3.05) is 11.6 Å². The van der Waals surface area contributed by atoms with Crippen LogP contribution in [-0.2, 0) is 0 Å². The molecule has 0 amide bonds. The molecule has 13 heavy (non-hydrogen) atoms. The van der Waals surface area contributed by atoms with Crippen LogP contribution in [0.4, 0.5) is 10.1 Å². The summed E-state index contributed by atoms with van der Waals surface area (Å²) >= 11 is 0. The van der Waals surface area contributed by atoms with E-state index in [2.05, 4.69) is 5.43 Å². The van der Waals surface area contributed by atoms with Crippen molar-refractivity contribution in [2.24, 2.45) is 5.73 Å². The average molecular weight is 179 g/mol. The topological polar surface area (TPSA) is 41.3 Å². The van der Waals surface area contributed by atoms with Gasteiger partial charge in [-0.2, -0.15) is 0 Å². The summed E-state index contributed by atoms with van der Waals surface area (Å²) in [5, 5.41) is 1.84. The van der Waals surface area contributed by atoms with E-state index in [4.69, 9.17) is 5.73 Å². The molecule has 0 saturated heterocycles. The van der Waals surface area contributed by atoms with Gasteiger partial charge in [0, 0.05) is 0 Å². The first-order chi connectivity index (χ1) is 6.25. The molecule has 2 rings (SSSR count). The molecule has 0 unspecified atom stereocenters. The number of rotatable bonds is 1. The Balaban J connectivity index is 2.14. The third-order valence-corrected chi connectivity index (χ3v) is 1.90. The normalized spacial score (nSPS) is 15.5. The van der Waals surface area contributed by atoms with E-state index in [0.29, 0.717) is 12.4 Å². The van der Waals surface area contributed by atoms with Crippen molar-refractivity contribution in [3.63, 3.8) is 0 Å². The molecule has 3 N–H and O–H groups in total. The Kier molecular flexibility index (Phi) is 1.81. The lowest BCUT2D eigenvalue weighted by atomic mass is 10.3. The van der Waals surface area contributed by atoms with Crippen molar-refractivity contribution >= 4 is 5.69 Å². The molecule has 4 heteroatoms. The van der Waals surface area contributed by atoms with Crippen LogP contribution in [0.3, 0.4) is 0 Å². The number of nitrogens with zero attached hydrogens (tertiary/aromatic N) is 1. The van der Waals surface area contributed by atoms with E-state index in [-0.39, 0.29) is 5.82 Å². The monoisotopic (exact) mass is 179 g/mol. The van der Waals surface area contributed by atoms with Crippen LogP contribution in [-0.4, -0.2) is 6.54 Å². The highest BCUT2D eigenvalue weighted by Gasteiger charge is 2.10. The van der Waals surface area contributed by atoms with E-state index < -0.39 is 0 Å². The SMILES string of the molecule is NC1=CCN(c2ccc(F)cc2)N1. The van der Waals surface area contributed by atoms with Crippen LogP contribution < -0.4 is 16.2 Å². The van der Waals surface area contributed by atoms with E-state index in [1.165, 1.54) is 12.1 Å². The van der Waals surface area contributed by atoms with Crippen molar-refractivity contribution in [1.29, 1.82) is 0 Å². The second-order valence-corrected chi connectivity index (χ2v) is 2.86. The van der Waals surface area contributed by atoms with Gasteiger partial charge in [0.15, 0.2) is 0 Å². The molecule has 0 fully saturated rings. The van der Waals surface area contributed by atoms with Crippen molar-refractivity contribution in [1.82, 2.24) is 5.43 Å². The van der Waals surface area contributed by atoms with Crippen molar-refractivity contribution in [2.45, 2.75) is 0 Å². The second-order valence-electron chi connectivity index (χ2n) is 2.86. The molecular weight excluding hydrogens is 169 g/mol. The highest BCUT2D eigenvalue weighted by molar-refractivity contribution is 5.47. The fraction of sp³-hybridized carbons (Fsp3) is 0.111. The van der Waals surface area contributed by atoms with Crippen LogP contribution in [0.5, 0.6) is 0 Å². The van der Waals surface area contributed by atoms with E-state index in [0.717, 1.165) is 5.69 Å². The van der Waals surface area contributed by atoms with Gasteiger partial charge in [0.2, 0.25) is 0 Å². The highest BCUT2D eigenvalue weighted by Crippen LogP contribution is 2.15. The summed E-state index contributed by atoms with van der Waals surface area (Å²) in [5.41, 5.74) is 9.37. The van der Waals surface area contributed by atoms with Gasteiger partial charge < -0.3 is 5.73 Å². The highest BCUT2D eigenvalue weighted by atomic mass is 19.1. The molecule has 0 aliphatic carbocycles. The van der Waals surface area contributed by atoms with Gasteiger partial charge in [0.1, 0.15) is 11.6 Å². The number of hydrogen-bond acceptors (Lipinski definition) is 3. The maximum atomic E-state index is 12.6. The smallest absolute Gasteiger partial charge is 0.123 e. The molecule has 0 radical (unpaired) electrons. The molecule has 68 valence electrons. The Morgan fingerprint density at radius 1 is 1.31 bits per heavy atom. The fourth-order valence-corrected chi connectivity index (χ4v) is 1.23. The number of benzene rings is 1. The predicted molar refractivity (Wildman–Crippen MR) is 49.2 cm³/mol. The summed E-state index contributed by atoms with van der Waals surface area (Å²) in [5.74, 6) is 0.396. The van der Waals surface area contributed by atoms with Crippen molar-refractivity contribution < 1.29 is 4.39 Å². The van der Waals surface area contributed by atoms with Crippen LogP contribution in [0.1, 0.15) is 0 Å². The maximum Gasteiger partial charge on any atom is 0.123 e. The number of halogens is 1. The summed E-state index contributed by atoms with van der Waals surface area (Å²) in [6.07, 6.45) is 1.86. The van der Waals surface area contributed by atoms with Crippen LogP contribution in [0.2, 0.25) is 0 Å². The number of hydrogen-bond donors (Lipinski definition) is 2. The molecule has 1 heterocycles. The first-order valence-corrected chi connectivity index (χ1v) is 4.01. The molecule has 0 atom stereocenters. The van der Waals surface area contributed by atoms with Crippen molar-refractivity contribution in [3.8, 4) is 0 Å². The summed E-state index contributed by atoms with van der Waals surface area (Å²) in [7, 11) is 0. The van der Waals surface area contributed by atoms with Crippen LogP contribution in [0.15, 0.2) is 36.2 Å². The molecule has 3 nitrogen and oxygen atoms in total. The van der Waals surface area contributed by atoms with Gasteiger partial charge in [-0.05, 0) is 30.3 Å². The molecule has 0 bridgehead atoms. The lowest BCUT2D eigenvalue weighted by Gasteiger charge is -2.18. The predicted octanol–water partition coefficient (Wildman–Crippen LogP) is 0.950. The van der Waals surface area contributed by atoms with E-state index >= 15 is 0 Å². The van der Waals surface area contributed by atoms with Gasteiger partial charge in [-0.25, -0.2) is 4.39 Å². The molecular formula is C9H10FN3. The molecule has 1 aromatic rings. The Morgan fingerprint density at radius 3 is 2.54 bits per heavy atom. The van der Waals surface area contributed by atoms with Gasteiger partial charge in [0.05, 0.1) is 12.2 Å². The number of nitrogens with one attached hydrogen (secondary N) is 1. The summed E-state index contributed by atoms with van der Waals surface area (Å²) < 4.78 is 12.6. The van der Waals surface area contributed by atoms with Gasteiger partial charge in [-0.3, -0.25) is 10.4 Å². The first-order valence-electron chi connectivity index (χ1n) is 4.01. The quantitative estimate of drug-likeness (QED) is 0.674. The molecule has 0 aromatic heterocycles. The van der Waals surface area contributed by atoms with Gasteiger partial charge in [-0.1, -0.05) is 0 Å². The molecule has 0 spiro atoms. The Morgan fingerprint density at radius 2 is 2.00 bits per heavy atom. The summed E-state index contributed by atoms with van der Waals surface area (Å²) in [6.45, 7) is 0.706. The van der Waals surface area contributed by atoms with E-state index in [1.807, 2.05) is 11.1 Å². The molecule has 0 saturated carbocycles. The Bertz CT molecular complexity index is 331. The van der Waals surface area contributed by atoms with Crippen molar-refractivity contribution in [3.05, 3.63) is 42.0 Å². The lowest BCUT2D eigenvalue weighted by Crippen LogP contribution is -2.33. The Hall–Kier alpha value is -1.71. The zero-order valence-corrected chi connectivity index (χ0v) is 7.00. The third-order valence-electron chi connectivity index (χ3n) is 1.90. The van der Waals surface area contributed by atoms with Crippen LogP contribution in [0, 0.1) is 5.82 Å². The van der Waals surface area contributed by atoms with Crippen LogP contribution >= 0.6 is 0 Å². The molecule has 1 aliphatic rings. The van der Waals surface area contributed by atoms with Gasteiger partial charge in [-0.15, -0.1) is 0 Å². The zero-order valence-electron chi connectivity index (χ0n) is 7.00. The number of anilines is 1. The third kappa shape index (κ3) is 1.56. The minimum Gasteiger partial charge on any atom is -0.384 e. The second kappa shape index (κ2) is 2.97. The van der Waals surface area contributed by atoms with Crippen LogP contribution in [0.25, 0.3) is 0 Å². The van der Waals surface area contributed by atoms with Gasteiger partial charge in [0.25, 0.3) is 0 Å². The average Bonchev–Trinajstić information content (AvgIpc) is 2.53. The first kappa shape index (κ1) is 7.91. The largest absolute Gasteiger partial charge is 0.384 e. The molecule has 1 aromatic carbocycles. The number of nitrogens with two attached hydrogens (primary N) is 1. The van der Waals surface area contributed by atoms with E-state index in [9.17, 15) is 4.39 Å².